The lowest BCUT2D eigenvalue weighted by Crippen LogP contribution is -2.27. The lowest BCUT2D eigenvalue weighted by atomic mass is 10.2. The summed E-state index contributed by atoms with van der Waals surface area (Å²) in [6.45, 7) is 4.43. The molecule has 2 aromatic rings. The Hall–Kier alpha value is -1.53. The summed E-state index contributed by atoms with van der Waals surface area (Å²) < 4.78 is 0. The summed E-state index contributed by atoms with van der Waals surface area (Å²) in [6, 6.07) is 0. The minimum atomic E-state index is -0.282. The number of aromatic nitrogens is 3. The number of hydrogen-bond donors (Lipinski definition) is 1. The zero-order chi connectivity index (χ0) is 14.5. The number of nitrogens with zero attached hydrogens (tertiary/aromatic N) is 3. The molecule has 0 atom stereocenters. The molecule has 0 aliphatic heterocycles. The topological polar surface area (TPSA) is 67.8 Å². The average Bonchev–Trinajstić information content (AvgIpc) is 2.92. The first-order chi connectivity index (χ1) is 9.58. The zero-order valence-corrected chi connectivity index (χ0v) is 12.8. The van der Waals surface area contributed by atoms with Gasteiger partial charge in [-0.2, -0.15) is 0 Å². The highest BCUT2D eigenvalue weighted by atomic mass is 35.5. The molecule has 0 fully saturated rings. The summed E-state index contributed by atoms with van der Waals surface area (Å²) in [5, 5.41) is 5.96. The van der Waals surface area contributed by atoms with Crippen LogP contribution in [0.4, 0.5) is 0 Å². The minimum Gasteiger partial charge on any atom is -0.350 e. The predicted octanol–water partition coefficient (Wildman–Crippen LogP) is 2.68. The van der Waals surface area contributed by atoms with Crippen LogP contribution in [0.2, 0.25) is 5.02 Å². The summed E-state index contributed by atoms with van der Waals surface area (Å²) in [7, 11) is 0. The summed E-state index contributed by atoms with van der Waals surface area (Å²) >= 11 is 7.54. The Labute approximate surface area is 126 Å². The van der Waals surface area contributed by atoms with Gasteiger partial charge in [0, 0.05) is 30.5 Å². The van der Waals surface area contributed by atoms with E-state index in [1.165, 1.54) is 6.20 Å². The monoisotopic (exact) mass is 310 g/mol. The van der Waals surface area contributed by atoms with Gasteiger partial charge in [-0.15, -0.1) is 11.3 Å². The molecule has 0 bridgehead atoms. The summed E-state index contributed by atoms with van der Waals surface area (Å²) in [4.78, 5) is 24.6. The molecule has 0 saturated carbocycles. The van der Waals surface area contributed by atoms with Gasteiger partial charge in [0.1, 0.15) is 11.5 Å². The molecule has 2 aromatic heterocycles. The van der Waals surface area contributed by atoms with Crippen molar-refractivity contribution in [3.05, 3.63) is 39.3 Å². The number of rotatable bonds is 5. The average molecular weight is 311 g/mol. The van der Waals surface area contributed by atoms with E-state index >= 15 is 0 Å². The van der Waals surface area contributed by atoms with Gasteiger partial charge in [-0.05, 0) is 0 Å². The van der Waals surface area contributed by atoms with Gasteiger partial charge >= 0.3 is 0 Å². The molecule has 2 heterocycles. The van der Waals surface area contributed by atoms with Crippen molar-refractivity contribution >= 4 is 28.8 Å². The Morgan fingerprint density at radius 3 is 2.90 bits per heavy atom. The first kappa shape index (κ1) is 14.9. The molecule has 5 nitrogen and oxygen atoms in total. The fraction of sp³-hybridized carbons (Fsp3) is 0.385. The van der Waals surface area contributed by atoms with Gasteiger partial charge in [0.25, 0.3) is 5.91 Å². The molecule has 20 heavy (non-hydrogen) atoms. The van der Waals surface area contributed by atoms with Crippen LogP contribution < -0.4 is 5.32 Å². The standard InChI is InChI=1S/C13H15ClN4OS/c1-8(2)12-17-7-9(14)11(18-12)13(19)16-4-3-10-15-5-6-20-10/h5-8H,3-4H2,1-2H3,(H,16,19). The molecular weight excluding hydrogens is 296 g/mol. The van der Waals surface area contributed by atoms with E-state index < -0.39 is 0 Å². The van der Waals surface area contributed by atoms with Crippen LogP contribution in [0.25, 0.3) is 0 Å². The van der Waals surface area contributed by atoms with Crippen molar-refractivity contribution in [2.45, 2.75) is 26.2 Å². The van der Waals surface area contributed by atoms with E-state index in [1.54, 1.807) is 17.5 Å². The highest BCUT2D eigenvalue weighted by Crippen LogP contribution is 2.16. The van der Waals surface area contributed by atoms with Gasteiger partial charge < -0.3 is 5.32 Å². The van der Waals surface area contributed by atoms with E-state index in [0.29, 0.717) is 18.8 Å². The number of thiazole rings is 1. The fourth-order valence-electron chi connectivity index (χ4n) is 1.56. The number of nitrogens with one attached hydrogen (secondary N) is 1. The third-order valence-electron chi connectivity index (χ3n) is 2.60. The van der Waals surface area contributed by atoms with Crippen molar-refractivity contribution in [2.75, 3.05) is 6.54 Å². The number of halogens is 1. The predicted molar refractivity (Wildman–Crippen MR) is 79.3 cm³/mol. The van der Waals surface area contributed by atoms with Crippen LogP contribution in [0.5, 0.6) is 0 Å². The molecular formula is C13H15ClN4OS. The molecule has 2 rings (SSSR count). The third-order valence-corrected chi connectivity index (χ3v) is 3.72. The molecule has 0 aliphatic carbocycles. The summed E-state index contributed by atoms with van der Waals surface area (Å²) in [5.74, 6) is 0.476. The Morgan fingerprint density at radius 1 is 1.45 bits per heavy atom. The second-order valence-electron chi connectivity index (χ2n) is 4.51. The van der Waals surface area contributed by atoms with E-state index in [4.69, 9.17) is 11.6 Å². The van der Waals surface area contributed by atoms with E-state index in [1.807, 2.05) is 19.2 Å². The Morgan fingerprint density at radius 2 is 2.25 bits per heavy atom. The first-order valence-corrected chi connectivity index (χ1v) is 7.52. The van der Waals surface area contributed by atoms with Crippen molar-refractivity contribution in [3.8, 4) is 0 Å². The molecule has 0 aliphatic rings. The number of carbonyl (C=O) groups excluding carboxylic acids is 1. The normalized spacial score (nSPS) is 10.8. The highest BCUT2D eigenvalue weighted by molar-refractivity contribution is 7.09. The largest absolute Gasteiger partial charge is 0.350 e. The maximum absolute atomic E-state index is 12.1. The van der Waals surface area contributed by atoms with E-state index in [-0.39, 0.29) is 22.5 Å². The SMILES string of the molecule is CC(C)c1ncc(Cl)c(C(=O)NCCc2nccs2)n1. The van der Waals surface area contributed by atoms with Crippen LogP contribution in [0.3, 0.4) is 0 Å². The maximum Gasteiger partial charge on any atom is 0.271 e. The van der Waals surface area contributed by atoms with Crippen molar-refractivity contribution in [1.82, 2.24) is 20.3 Å². The zero-order valence-electron chi connectivity index (χ0n) is 11.3. The van der Waals surface area contributed by atoms with Crippen LogP contribution in [-0.2, 0) is 6.42 Å². The minimum absolute atomic E-state index is 0.147. The second-order valence-corrected chi connectivity index (χ2v) is 5.90. The fourth-order valence-corrected chi connectivity index (χ4v) is 2.36. The number of amides is 1. The van der Waals surface area contributed by atoms with E-state index in [2.05, 4.69) is 20.3 Å². The maximum atomic E-state index is 12.1. The van der Waals surface area contributed by atoms with Crippen molar-refractivity contribution < 1.29 is 4.79 Å². The van der Waals surface area contributed by atoms with Gasteiger partial charge in [0.15, 0.2) is 0 Å². The van der Waals surface area contributed by atoms with Gasteiger partial charge in [0.2, 0.25) is 0 Å². The molecule has 1 amide bonds. The van der Waals surface area contributed by atoms with Gasteiger partial charge in [-0.1, -0.05) is 25.4 Å². The molecule has 7 heteroatoms. The molecule has 0 spiro atoms. The molecule has 106 valence electrons. The Kier molecular flexibility index (Phi) is 5.03. The number of hydrogen-bond acceptors (Lipinski definition) is 5. The van der Waals surface area contributed by atoms with Gasteiger partial charge in [-0.3, -0.25) is 4.79 Å². The van der Waals surface area contributed by atoms with Crippen LogP contribution in [0, 0.1) is 0 Å². The highest BCUT2D eigenvalue weighted by Gasteiger charge is 2.15. The Bertz CT molecular complexity index is 586. The lowest BCUT2D eigenvalue weighted by Gasteiger charge is -2.08. The molecule has 0 radical (unpaired) electrons. The smallest absolute Gasteiger partial charge is 0.271 e. The van der Waals surface area contributed by atoms with Crippen molar-refractivity contribution in [1.29, 1.82) is 0 Å². The third kappa shape index (κ3) is 3.74. The molecule has 0 unspecified atom stereocenters. The quantitative estimate of drug-likeness (QED) is 0.922. The van der Waals surface area contributed by atoms with Gasteiger partial charge in [0.05, 0.1) is 16.2 Å². The van der Waals surface area contributed by atoms with Gasteiger partial charge in [-0.25, -0.2) is 15.0 Å². The van der Waals surface area contributed by atoms with Crippen LogP contribution in [0.15, 0.2) is 17.8 Å². The molecule has 1 N–H and O–H groups in total. The molecule has 0 aromatic carbocycles. The van der Waals surface area contributed by atoms with Crippen molar-refractivity contribution in [2.24, 2.45) is 0 Å². The van der Waals surface area contributed by atoms with Crippen LogP contribution in [-0.4, -0.2) is 27.4 Å². The number of carbonyl (C=O) groups is 1. The van der Waals surface area contributed by atoms with E-state index in [9.17, 15) is 4.79 Å². The van der Waals surface area contributed by atoms with Crippen LogP contribution in [0.1, 0.15) is 41.1 Å². The van der Waals surface area contributed by atoms with E-state index in [0.717, 1.165) is 5.01 Å². The first-order valence-electron chi connectivity index (χ1n) is 6.27. The molecule has 0 saturated heterocycles. The van der Waals surface area contributed by atoms with Crippen LogP contribution >= 0.6 is 22.9 Å². The van der Waals surface area contributed by atoms with Crippen molar-refractivity contribution in [3.63, 3.8) is 0 Å². The lowest BCUT2D eigenvalue weighted by molar-refractivity contribution is 0.0949. The summed E-state index contributed by atoms with van der Waals surface area (Å²) in [6.07, 6.45) is 3.92. The Balaban J connectivity index is 1.99. The second kappa shape index (κ2) is 6.76. The summed E-state index contributed by atoms with van der Waals surface area (Å²) in [5.41, 5.74) is 0.226.